The second kappa shape index (κ2) is 5.50. The van der Waals surface area contributed by atoms with Gasteiger partial charge in [0.2, 0.25) is 5.91 Å². The van der Waals surface area contributed by atoms with Gasteiger partial charge in [-0.15, -0.1) is 0 Å². The van der Waals surface area contributed by atoms with E-state index in [1.165, 1.54) is 24.0 Å². The summed E-state index contributed by atoms with van der Waals surface area (Å²) in [5, 5.41) is 8.87. The molecule has 0 saturated heterocycles. The van der Waals surface area contributed by atoms with Crippen LogP contribution < -0.4 is 5.73 Å². The molecule has 18 heavy (non-hydrogen) atoms. The third-order valence-electron chi connectivity index (χ3n) is 3.47. The van der Waals surface area contributed by atoms with Crippen LogP contribution in [0, 0.1) is 0 Å². The topological polar surface area (TPSA) is 66.6 Å². The zero-order valence-corrected chi connectivity index (χ0v) is 10.7. The van der Waals surface area contributed by atoms with Gasteiger partial charge in [0.15, 0.2) is 0 Å². The van der Waals surface area contributed by atoms with Crippen LogP contribution in [0.4, 0.5) is 0 Å². The fourth-order valence-electron chi connectivity index (χ4n) is 2.44. The first-order chi connectivity index (χ1) is 8.61. The van der Waals surface area contributed by atoms with E-state index < -0.39 is 6.04 Å². The molecule has 1 aliphatic rings. The van der Waals surface area contributed by atoms with E-state index in [2.05, 4.69) is 18.2 Å². The van der Waals surface area contributed by atoms with Crippen LogP contribution in [0.25, 0.3) is 0 Å². The number of amides is 1. The molecule has 4 nitrogen and oxygen atoms in total. The first-order valence-electron chi connectivity index (χ1n) is 6.34. The van der Waals surface area contributed by atoms with Crippen LogP contribution in [-0.4, -0.2) is 35.6 Å². The number of aliphatic hydroxyl groups excluding tert-OH is 1. The van der Waals surface area contributed by atoms with Crippen LogP contribution in [0.5, 0.6) is 0 Å². The highest BCUT2D eigenvalue weighted by molar-refractivity contribution is 5.81. The van der Waals surface area contributed by atoms with E-state index in [0.717, 1.165) is 12.0 Å². The number of nitrogens with two attached hydrogens (primary N) is 1. The number of nitrogens with zero attached hydrogens (tertiary/aromatic N) is 1. The van der Waals surface area contributed by atoms with Crippen molar-refractivity contribution in [1.82, 2.24) is 4.90 Å². The van der Waals surface area contributed by atoms with Gasteiger partial charge < -0.3 is 15.7 Å². The molecule has 0 aromatic heterocycles. The minimum absolute atomic E-state index is 0.224. The summed E-state index contributed by atoms with van der Waals surface area (Å²) < 4.78 is 0. The molecule has 0 spiro atoms. The summed E-state index contributed by atoms with van der Waals surface area (Å²) >= 11 is 0. The molecule has 1 atom stereocenters. The van der Waals surface area contributed by atoms with E-state index in [0.29, 0.717) is 6.54 Å². The van der Waals surface area contributed by atoms with Crippen molar-refractivity contribution in [3.63, 3.8) is 0 Å². The van der Waals surface area contributed by atoms with Crippen LogP contribution in [0.3, 0.4) is 0 Å². The Balaban J connectivity index is 2.03. The first kappa shape index (κ1) is 13.1. The summed E-state index contributed by atoms with van der Waals surface area (Å²) in [6.07, 6.45) is 3.53. The highest BCUT2D eigenvalue weighted by atomic mass is 16.3. The van der Waals surface area contributed by atoms with E-state index in [4.69, 9.17) is 10.8 Å². The molecule has 1 aromatic rings. The Kier molecular flexibility index (Phi) is 3.99. The van der Waals surface area contributed by atoms with E-state index in [1.807, 2.05) is 0 Å². The Morgan fingerprint density at radius 1 is 1.44 bits per heavy atom. The number of likely N-dealkylation sites (N-methyl/N-ethyl adjacent to an activating group) is 1. The fraction of sp³-hybridized carbons (Fsp3) is 0.500. The number of carbonyl (C=O) groups is 1. The largest absolute Gasteiger partial charge is 0.394 e. The number of hydrogen-bond donors (Lipinski definition) is 2. The number of hydrogen-bond acceptors (Lipinski definition) is 3. The van der Waals surface area contributed by atoms with Gasteiger partial charge in [-0.3, -0.25) is 4.79 Å². The summed E-state index contributed by atoms with van der Waals surface area (Å²) in [6, 6.07) is 5.58. The molecule has 0 heterocycles. The lowest BCUT2D eigenvalue weighted by Gasteiger charge is -2.20. The van der Waals surface area contributed by atoms with Crippen molar-refractivity contribution in [1.29, 1.82) is 0 Å². The Labute approximate surface area is 107 Å². The van der Waals surface area contributed by atoms with Crippen LogP contribution >= 0.6 is 0 Å². The molecule has 3 N–H and O–H groups in total. The molecule has 0 aliphatic heterocycles. The van der Waals surface area contributed by atoms with Gasteiger partial charge in [-0.25, -0.2) is 0 Å². The van der Waals surface area contributed by atoms with Crippen molar-refractivity contribution in [2.45, 2.75) is 31.8 Å². The lowest BCUT2D eigenvalue weighted by Crippen LogP contribution is -2.43. The summed E-state index contributed by atoms with van der Waals surface area (Å²) in [5.41, 5.74) is 9.47. The smallest absolute Gasteiger partial charge is 0.241 e. The number of aliphatic hydroxyl groups is 1. The number of rotatable bonds is 4. The minimum atomic E-state index is -0.815. The minimum Gasteiger partial charge on any atom is -0.394 e. The zero-order chi connectivity index (χ0) is 13.1. The lowest BCUT2D eigenvalue weighted by molar-refractivity contribution is -0.132. The Hall–Kier alpha value is -1.39. The molecule has 1 amide bonds. The molecule has 1 aliphatic carbocycles. The lowest BCUT2D eigenvalue weighted by atomic mass is 10.1. The van der Waals surface area contributed by atoms with Crippen molar-refractivity contribution >= 4 is 5.91 Å². The van der Waals surface area contributed by atoms with Crippen molar-refractivity contribution in [2.24, 2.45) is 5.73 Å². The number of carbonyl (C=O) groups excluding carboxylic acids is 1. The molecule has 98 valence electrons. The molecular weight excluding hydrogens is 228 g/mol. The Morgan fingerprint density at radius 2 is 2.17 bits per heavy atom. The molecule has 1 aromatic carbocycles. The monoisotopic (exact) mass is 248 g/mol. The Morgan fingerprint density at radius 3 is 2.89 bits per heavy atom. The van der Waals surface area contributed by atoms with Gasteiger partial charge in [0.05, 0.1) is 6.61 Å². The van der Waals surface area contributed by atoms with Crippen LogP contribution in [0.1, 0.15) is 23.1 Å². The predicted molar refractivity (Wildman–Crippen MR) is 70.0 cm³/mol. The maximum Gasteiger partial charge on any atom is 0.241 e. The van der Waals surface area contributed by atoms with Crippen molar-refractivity contribution in [3.8, 4) is 0 Å². The molecular formula is C14H20N2O2. The average molecular weight is 248 g/mol. The normalized spacial score (nSPS) is 15.3. The summed E-state index contributed by atoms with van der Waals surface area (Å²) in [6.45, 7) is 0.229. The predicted octanol–water partition coefficient (Wildman–Crippen LogP) is 0.453. The van der Waals surface area contributed by atoms with Crippen LogP contribution in [0.2, 0.25) is 0 Å². The quantitative estimate of drug-likeness (QED) is 0.813. The third kappa shape index (κ3) is 2.71. The Bertz CT molecular complexity index is 445. The molecule has 4 heteroatoms. The number of fused-ring (bicyclic) bond motifs is 1. The summed E-state index contributed by atoms with van der Waals surface area (Å²) in [5.74, 6) is -0.224. The fourth-order valence-corrected chi connectivity index (χ4v) is 2.44. The molecule has 0 fully saturated rings. The van der Waals surface area contributed by atoms with Gasteiger partial charge >= 0.3 is 0 Å². The van der Waals surface area contributed by atoms with Gasteiger partial charge in [-0.2, -0.15) is 0 Å². The van der Waals surface area contributed by atoms with E-state index in [-0.39, 0.29) is 12.5 Å². The molecule has 0 bridgehead atoms. The van der Waals surface area contributed by atoms with Gasteiger partial charge in [0.1, 0.15) is 6.04 Å². The molecule has 0 radical (unpaired) electrons. The SMILES string of the molecule is CN(Cc1ccc2c(c1)CCC2)C(=O)C(N)CO. The third-order valence-corrected chi connectivity index (χ3v) is 3.47. The molecule has 2 rings (SSSR count). The second-order valence-corrected chi connectivity index (χ2v) is 4.94. The maximum absolute atomic E-state index is 11.8. The average Bonchev–Trinajstić information content (AvgIpc) is 2.84. The number of benzene rings is 1. The standard InChI is InChI=1S/C14H20N2O2/c1-16(14(18)13(15)9-17)8-10-5-6-11-3-2-4-12(11)7-10/h5-7,13,17H,2-4,8-9,15H2,1H3. The van der Waals surface area contributed by atoms with E-state index in [9.17, 15) is 4.79 Å². The van der Waals surface area contributed by atoms with Gasteiger partial charge in [0, 0.05) is 13.6 Å². The van der Waals surface area contributed by atoms with Crippen LogP contribution in [-0.2, 0) is 24.2 Å². The molecule has 1 unspecified atom stereocenters. The summed E-state index contributed by atoms with van der Waals surface area (Å²) in [7, 11) is 1.71. The van der Waals surface area contributed by atoms with Crippen LogP contribution in [0.15, 0.2) is 18.2 Å². The second-order valence-electron chi connectivity index (χ2n) is 4.94. The highest BCUT2D eigenvalue weighted by Gasteiger charge is 2.18. The van der Waals surface area contributed by atoms with Crippen molar-refractivity contribution < 1.29 is 9.90 Å². The first-order valence-corrected chi connectivity index (χ1v) is 6.34. The van der Waals surface area contributed by atoms with E-state index in [1.54, 1.807) is 11.9 Å². The van der Waals surface area contributed by atoms with E-state index >= 15 is 0 Å². The zero-order valence-electron chi connectivity index (χ0n) is 10.7. The molecule has 0 saturated carbocycles. The van der Waals surface area contributed by atoms with Gasteiger partial charge in [0.25, 0.3) is 0 Å². The van der Waals surface area contributed by atoms with Crippen molar-refractivity contribution in [2.75, 3.05) is 13.7 Å². The highest BCUT2D eigenvalue weighted by Crippen LogP contribution is 2.23. The van der Waals surface area contributed by atoms with Gasteiger partial charge in [-0.05, 0) is 36.0 Å². The summed E-state index contributed by atoms with van der Waals surface area (Å²) in [4.78, 5) is 13.3. The number of aryl methyl sites for hydroxylation is 2. The maximum atomic E-state index is 11.8. The van der Waals surface area contributed by atoms with Gasteiger partial charge in [-0.1, -0.05) is 18.2 Å². The van der Waals surface area contributed by atoms with Crippen molar-refractivity contribution in [3.05, 3.63) is 34.9 Å².